The van der Waals surface area contributed by atoms with Crippen molar-refractivity contribution in [3.63, 3.8) is 0 Å². The molecule has 0 radical (unpaired) electrons. The minimum Gasteiger partial charge on any atom is -0.493 e. The average molecular weight is 450 g/mol. The van der Waals surface area contributed by atoms with Crippen LogP contribution in [-0.4, -0.2) is 55.1 Å². The Morgan fingerprint density at radius 2 is 1.84 bits per heavy atom. The van der Waals surface area contributed by atoms with Crippen LogP contribution in [0.3, 0.4) is 0 Å². The number of ether oxygens (including phenoxy) is 3. The third-order valence-corrected chi connectivity index (χ3v) is 4.37. The zero-order chi connectivity index (χ0) is 22.6. The van der Waals surface area contributed by atoms with E-state index in [1.54, 1.807) is 25.3 Å². The number of para-hydroxylation sites is 1. The topological polar surface area (TPSA) is 114 Å². The number of halogens is 1. The molecule has 166 valence electrons. The molecule has 0 bridgehead atoms. The van der Waals surface area contributed by atoms with Crippen molar-refractivity contribution in [3.05, 3.63) is 65.2 Å². The zero-order valence-electron chi connectivity index (χ0n) is 16.9. The fourth-order valence-electron chi connectivity index (χ4n) is 2.76. The van der Waals surface area contributed by atoms with Crippen LogP contribution < -0.4 is 14.8 Å². The fourth-order valence-corrected chi connectivity index (χ4v) is 2.92. The average Bonchev–Trinajstić information content (AvgIpc) is 2.75. The number of hydrogen-bond donors (Lipinski definition) is 3. The summed E-state index contributed by atoms with van der Waals surface area (Å²) in [5.41, 5.74) is 1.10. The Kier molecular flexibility index (Phi) is 9.83. The van der Waals surface area contributed by atoms with Crippen LogP contribution in [0.15, 0.2) is 54.6 Å². The second-order valence-electron chi connectivity index (χ2n) is 6.42. The Morgan fingerprint density at radius 1 is 1.13 bits per heavy atom. The summed E-state index contributed by atoms with van der Waals surface area (Å²) in [7, 11) is 1.61. The molecule has 3 N–H and O–H groups in total. The van der Waals surface area contributed by atoms with Gasteiger partial charge in [-0.25, -0.2) is 9.59 Å². The minimum atomic E-state index is -1.26. The van der Waals surface area contributed by atoms with Crippen LogP contribution in [0.2, 0.25) is 5.02 Å². The Bertz CT molecular complexity index is 894. The molecule has 31 heavy (non-hydrogen) atoms. The number of hydrogen-bond acceptors (Lipinski definition) is 6. The monoisotopic (exact) mass is 449 g/mol. The Morgan fingerprint density at radius 3 is 2.45 bits per heavy atom. The lowest BCUT2D eigenvalue weighted by molar-refractivity contribution is -0.134. The molecule has 1 saturated heterocycles. The molecule has 1 aliphatic heterocycles. The molecule has 3 rings (SSSR count). The molecule has 0 amide bonds. The van der Waals surface area contributed by atoms with Gasteiger partial charge in [0.2, 0.25) is 0 Å². The van der Waals surface area contributed by atoms with Crippen molar-refractivity contribution in [1.82, 2.24) is 5.32 Å². The van der Waals surface area contributed by atoms with Crippen LogP contribution in [0, 0.1) is 0 Å². The summed E-state index contributed by atoms with van der Waals surface area (Å²) in [6.45, 7) is 2.51. The standard InChI is InChI=1S/C18H20ClNO3.C4H4O4/c1-21-17-7-6-14(19)11-18(17)23-16-5-3-2-4-13(16)10-15-12-20-8-9-22-15;5-3(6)1-2-4(7)8/h2-7,11,15,20H,8-10,12H2,1H3;1-2H,(H,5,6)(H,7,8)/t15-;/m0./s1. The molecule has 0 aromatic heterocycles. The largest absolute Gasteiger partial charge is 0.493 e. The number of methoxy groups -OCH3 is 1. The van der Waals surface area contributed by atoms with E-state index in [0.717, 1.165) is 37.4 Å². The number of carboxylic acid groups (broad SMARTS) is 2. The number of carbonyl (C=O) groups is 2. The van der Waals surface area contributed by atoms with Crippen LogP contribution in [0.25, 0.3) is 0 Å². The highest BCUT2D eigenvalue weighted by molar-refractivity contribution is 6.30. The van der Waals surface area contributed by atoms with Gasteiger partial charge in [-0.05, 0) is 23.8 Å². The van der Waals surface area contributed by atoms with Crippen LogP contribution in [0.1, 0.15) is 5.56 Å². The third kappa shape index (κ3) is 8.67. The molecule has 1 heterocycles. The Labute approximate surface area is 185 Å². The van der Waals surface area contributed by atoms with E-state index in [9.17, 15) is 9.59 Å². The van der Waals surface area contributed by atoms with Crippen molar-refractivity contribution in [3.8, 4) is 17.2 Å². The van der Waals surface area contributed by atoms with Gasteiger partial charge in [0.15, 0.2) is 11.5 Å². The van der Waals surface area contributed by atoms with Crippen molar-refractivity contribution in [1.29, 1.82) is 0 Å². The highest BCUT2D eigenvalue weighted by atomic mass is 35.5. The molecule has 0 aliphatic carbocycles. The second kappa shape index (κ2) is 12.6. The molecule has 0 unspecified atom stereocenters. The molecule has 8 nitrogen and oxygen atoms in total. The van der Waals surface area contributed by atoms with E-state index >= 15 is 0 Å². The van der Waals surface area contributed by atoms with Gasteiger partial charge < -0.3 is 29.7 Å². The molecular weight excluding hydrogens is 426 g/mol. The summed E-state index contributed by atoms with van der Waals surface area (Å²) in [6, 6.07) is 13.3. The maximum Gasteiger partial charge on any atom is 0.328 e. The molecule has 1 atom stereocenters. The summed E-state index contributed by atoms with van der Waals surface area (Å²) in [4.78, 5) is 19.1. The molecule has 1 fully saturated rings. The van der Waals surface area contributed by atoms with Crippen LogP contribution in [0.4, 0.5) is 0 Å². The quantitative estimate of drug-likeness (QED) is 0.551. The molecule has 2 aromatic carbocycles. The third-order valence-electron chi connectivity index (χ3n) is 4.14. The van der Waals surface area contributed by atoms with E-state index in [2.05, 4.69) is 11.4 Å². The van der Waals surface area contributed by atoms with Gasteiger partial charge in [0, 0.05) is 42.8 Å². The van der Waals surface area contributed by atoms with Gasteiger partial charge in [0.25, 0.3) is 0 Å². The van der Waals surface area contributed by atoms with Crippen molar-refractivity contribution in [2.45, 2.75) is 12.5 Å². The lowest BCUT2D eigenvalue weighted by Crippen LogP contribution is -2.39. The molecule has 1 aliphatic rings. The molecular formula is C22H24ClNO7. The molecule has 9 heteroatoms. The Balaban J connectivity index is 0.000000366. The first-order valence-corrected chi connectivity index (χ1v) is 9.82. The minimum absolute atomic E-state index is 0.162. The first-order chi connectivity index (χ1) is 14.9. The highest BCUT2D eigenvalue weighted by Crippen LogP contribution is 2.35. The summed E-state index contributed by atoms with van der Waals surface area (Å²) in [5, 5.41) is 19.6. The SMILES string of the molecule is COc1ccc(Cl)cc1Oc1ccccc1C[C@H]1CNCCO1.O=C(O)C=CC(=O)O. The highest BCUT2D eigenvalue weighted by Gasteiger charge is 2.17. The van der Waals surface area contributed by atoms with Gasteiger partial charge in [0.05, 0.1) is 19.8 Å². The number of carboxylic acids is 2. The maximum absolute atomic E-state index is 9.55. The molecule has 0 saturated carbocycles. The number of nitrogens with one attached hydrogen (secondary N) is 1. The molecule has 2 aromatic rings. The van der Waals surface area contributed by atoms with Gasteiger partial charge >= 0.3 is 11.9 Å². The van der Waals surface area contributed by atoms with Gasteiger partial charge in [-0.15, -0.1) is 0 Å². The smallest absolute Gasteiger partial charge is 0.328 e. The summed E-state index contributed by atoms with van der Waals surface area (Å²) in [5.74, 6) is -0.461. The lowest BCUT2D eigenvalue weighted by Gasteiger charge is -2.24. The van der Waals surface area contributed by atoms with E-state index < -0.39 is 11.9 Å². The van der Waals surface area contributed by atoms with Crippen LogP contribution in [-0.2, 0) is 20.7 Å². The predicted octanol–water partition coefficient (Wildman–Crippen LogP) is 3.38. The van der Waals surface area contributed by atoms with E-state index in [0.29, 0.717) is 28.7 Å². The number of rotatable bonds is 7. The lowest BCUT2D eigenvalue weighted by atomic mass is 10.1. The van der Waals surface area contributed by atoms with Gasteiger partial charge in [-0.2, -0.15) is 0 Å². The molecule has 0 spiro atoms. The number of aliphatic carboxylic acids is 2. The van der Waals surface area contributed by atoms with Gasteiger partial charge in [0.1, 0.15) is 5.75 Å². The van der Waals surface area contributed by atoms with Gasteiger partial charge in [-0.3, -0.25) is 0 Å². The van der Waals surface area contributed by atoms with Crippen molar-refractivity contribution in [2.24, 2.45) is 0 Å². The van der Waals surface area contributed by atoms with Crippen LogP contribution in [0.5, 0.6) is 17.2 Å². The Hall–Kier alpha value is -3.07. The first-order valence-electron chi connectivity index (χ1n) is 9.44. The zero-order valence-corrected chi connectivity index (χ0v) is 17.7. The number of benzene rings is 2. The fraction of sp³-hybridized carbons (Fsp3) is 0.273. The maximum atomic E-state index is 9.55. The normalized spacial score (nSPS) is 15.6. The van der Waals surface area contributed by atoms with E-state index in [-0.39, 0.29) is 6.10 Å². The summed E-state index contributed by atoms with van der Waals surface area (Å²) < 4.78 is 17.2. The summed E-state index contributed by atoms with van der Waals surface area (Å²) in [6.07, 6.45) is 2.08. The second-order valence-corrected chi connectivity index (χ2v) is 6.85. The van der Waals surface area contributed by atoms with Gasteiger partial charge in [-0.1, -0.05) is 29.8 Å². The first kappa shape index (κ1) is 24.2. The van der Waals surface area contributed by atoms with Crippen molar-refractivity contribution < 1.29 is 34.0 Å². The van der Waals surface area contributed by atoms with E-state index in [4.69, 9.17) is 36.0 Å². The number of morpholine rings is 1. The van der Waals surface area contributed by atoms with E-state index in [1.807, 2.05) is 18.2 Å². The van der Waals surface area contributed by atoms with Crippen molar-refractivity contribution >= 4 is 23.5 Å². The summed E-state index contributed by atoms with van der Waals surface area (Å²) >= 11 is 6.07. The van der Waals surface area contributed by atoms with Crippen LogP contribution >= 0.6 is 11.6 Å². The van der Waals surface area contributed by atoms with Crippen molar-refractivity contribution in [2.75, 3.05) is 26.8 Å². The predicted molar refractivity (Wildman–Crippen MR) is 115 cm³/mol. The van der Waals surface area contributed by atoms with E-state index in [1.165, 1.54) is 0 Å².